The number of nitrogens with zero attached hydrogens (tertiary/aromatic N) is 2. The Morgan fingerprint density at radius 3 is 2.17 bits per heavy atom. The number of fused-ring (bicyclic) bond motifs is 1. The number of hydrazone groups is 1. The minimum atomic E-state index is -3.93. The molecule has 1 unspecified atom stereocenters. The molecule has 0 spiro atoms. The van der Waals surface area contributed by atoms with Gasteiger partial charge in [0.15, 0.2) is 0 Å². The Labute approximate surface area is 175 Å². The Hall–Kier alpha value is -3.45. The van der Waals surface area contributed by atoms with Crippen LogP contribution in [-0.4, -0.2) is 29.6 Å². The summed E-state index contributed by atoms with van der Waals surface area (Å²) in [7, 11) is -3.93. The van der Waals surface area contributed by atoms with Gasteiger partial charge in [-0.05, 0) is 11.1 Å². The van der Waals surface area contributed by atoms with Crippen LogP contribution in [-0.2, 0) is 20.6 Å². The lowest BCUT2D eigenvalue weighted by Gasteiger charge is -2.34. The van der Waals surface area contributed by atoms with Gasteiger partial charge in [-0.2, -0.15) is 9.52 Å². The summed E-state index contributed by atoms with van der Waals surface area (Å²) in [5.41, 5.74) is 3.25. The third kappa shape index (κ3) is 3.97. The first kappa shape index (κ1) is 19.8. The molecule has 0 saturated heterocycles. The van der Waals surface area contributed by atoms with Gasteiger partial charge in [-0.25, -0.2) is 8.42 Å². The lowest BCUT2D eigenvalue weighted by atomic mass is 9.91. The molecule has 0 fully saturated rings. The Balaban J connectivity index is 1.86. The molecule has 1 aliphatic heterocycles. The molecule has 3 aromatic carbocycles. The number of hydrogen-bond donors (Lipinski definition) is 1. The van der Waals surface area contributed by atoms with Gasteiger partial charge in [0.1, 0.15) is 0 Å². The third-order valence-corrected chi connectivity index (χ3v) is 6.54. The highest BCUT2D eigenvalue weighted by atomic mass is 32.2. The van der Waals surface area contributed by atoms with E-state index in [4.69, 9.17) is 0 Å². The minimum absolute atomic E-state index is 0.266. The van der Waals surface area contributed by atoms with Crippen LogP contribution in [0.2, 0.25) is 0 Å². The average molecular weight is 420 g/mol. The van der Waals surface area contributed by atoms with Crippen LogP contribution in [0.25, 0.3) is 0 Å². The highest BCUT2D eigenvalue weighted by molar-refractivity contribution is 7.88. The summed E-state index contributed by atoms with van der Waals surface area (Å²) < 4.78 is 27.7. The average Bonchev–Trinajstić information content (AvgIpc) is 2.74. The second kappa shape index (κ2) is 8.12. The zero-order chi connectivity index (χ0) is 21.1. The minimum Gasteiger partial charge on any atom is -0.481 e. The largest absolute Gasteiger partial charge is 0.481 e. The van der Waals surface area contributed by atoms with E-state index in [-0.39, 0.29) is 12.2 Å². The van der Waals surface area contributed by atoms with Crippen molar-refractivity contribution >= 4 is 21.7 Å². The van der Waals surface area contributed by atoms with Crippen LogP contribution in [0, 0.1) is 0 Å². The van der Waals surface area contributed by atoms with Crippen LogP contribution in [0.1, 0.15) is 34.7 Å². The Kier molecular flexibility index (Phi) is 5.37. The summed E-state index contributed by atoms with van der Waals surface area (Å²) in [6, 6.07) is 24.4. The van der Waals surface area contributed by atoms with Gasteiger partial charge in [-0.3, -0.25) is 4.79 Å². The van der Waals surface area contributed by atoms with E-state index in [0.29, 0.717) is 16.8 Å². The predicted molar refractivity (Wildman–Crippen MR) is 114 cm³/mol. The van der Waals surface area contributed by atoms with Crippen LogP contribution in [0.3, 0.4) is 0 Å². The molecule has 3 aromatic rings. The van der Waals surface area contributed by atoms with E-state index < -0.39 is 22.0 Å². The zero-order valence-electron chi connectivity index (χ0n) is 16.0. The van der Waals surface area contributed by atoms with Crippen molar-refractivity contribution in [1.82, 2.24) is 4.41 Å². The molecule has 1 N–H and O–H groups in total. The Morgan fingerprint density at radius 2 is 1.50 bits per heavy atom. The first-order valence-electron chi connectivity index (χ1n) is 9.47. The molecular formula is C23H20N2O4S. The van der Waals surface area contributed by atoms with E-state index in [2.05, 4.69) is 5.10 Å². The van der Waals surface area contributed by atoms with E-state index >= 15 is 0 Å². The van der Waals surface area contributed by atoms with Gasteiger partial charge in [-0.1, -0.05) is 84.9 Å². The number of benzene rings is 3. The number of carboxylic acid groups (broad SMARTS) is 1. The fraction of sp³-hybridized carbons (Fsp3) is 0.130. The lowest BCUT2D eigenvalue weighted by molar-refractivity contribution is -0.138. The second-order valence-corrected chi connectivity index (χ2v) is 8.86. The molecule has 1 heterocycles. The van der Waals surface area contributed by atoms with Gasteiger partial charge in [0, 0.05) is 11.1 Å². The molecule has 1 atom stereocenters. The molecule has 4 rings (SSSR count). The van der Waals surface area contributed by atoms with Crippen molar-refractivity contribution in [3.63, 3.8) is 0 Å². The van der Waals surface area contributed by atoms with Crippen LogP contribution < -0.4 is 0 Å². The van der Waals surface area contributed by atoms with Gasteiger partial charge in [0.25, 0.3) is 10.0 Å². The van der Waals surface area contributed by atoms with E-state index in [1.165, 1.54) is 0 Å². The summed E-state index contributed by atoms with van der Waals surface area (Å²) in [5.74, 6) is -1.36. The number of carboxylic acids is 1. The lowest BCUT2D eigenvalue weighted by Crippen LogP contribution is -2.37. The number of rotatable bonds is 6. The van der Waals surface area contributed by atoms with Crippen LogP contribution >= 0.6 is 0 Å². The number of hydrogen-bond acceptors (Lipinski definition) is 4. The molecule has 0 saturated carbocycles. The maximum absolute atomic E-state index is 13.4. The van der Waals surface area contributed by atoms with E-state index in [9.17, 15) is 18.3 Å². The van der Waals surface area contributed by atoms with Crippen molar-refractivity contribution in [3.05, 3.63) is 107 Å². The highest BCUT2D eigenvalue weighted by Crippen LogP contribution is 2.36. The van der Waals surface area contributed by atoms with E-state index in [0.717, 1.165) is 15.5 Å². The summed E-state index contributed by atoms with van der Waals surface area (Å²) in [5, 5.41) is 14.0. The van der Waals surface area contributed by atoms with Crippen LogP contribution in [0.5, 0.6) is 0 Å². The molecule has 0 bridgehead atoms. The second-order valence-electron chi connectivity index (χ2n) is 7.03. The monoisotopic (exact) mass is 420 g/mol. The van der Waals surface area contributed by atoms with Crippen LogP contribution in [0.4, 0.5) is 0 Å². The molecule has 1 aliphatic rings. The normalized spacial score (nSPS) is 15.9. The molecule has 0 aliphatic carbocycles. The van der Waals surface area contributed by atoms with Crippen molar-refractivity contribution in [2.75, 3.05) is 0 Å². The van der Waals surface area contributed by atoms with Gasteiger partial charge >= 0.3 is 5.97 Å². The number of sulfonamides is 1. The maximum Gasteiger partial charge on any atom is 0.305 e. The Bertz CT molecular complexity index is 1190. The molecule has 7 heteroatoms. The fourth-order valence-electron chi connectivity index (χ4n) is 3.61. The van der Waals surface area contributed by atoms with Gasteiger partial charge in [0.05, 0.1) is 23.9 Å². The number of aliphatic carboxylic acids is 1. The highest BCUT2D eigenvalue weighted by Gasteiger charge is 2.37. The van der Waals surface area contributed by atoms with Crippen molar-refractivity contribution < 1.29 is 18.3 Å². The fourth-order valence-corrected chi connectivity index (χ4v) is 5.14. The summed E-state index contributed by atoms with van der Waals surface area (Å²) in [4.78, 5) is 11.6. The molecule has 0 amide bonds. The quantitative estimate of drug-likeness (QED) is 0.657. The van der Waals surface area contributed by atoms with Crippen molar-refractivity contribution in [1.29, 1.82) is 0 Å². The first-order valence-corrected chi connectivity index (χ1v) is 11.1. The molecule has 0 aromatic heterocycles. The van der Waals surface area contributed by atoms with E-state index in [1.807, 2.05) is 48.5 Å². The molecule has 6 nitrogen and oxygen atoms in total. The summed E-state index contributed by atoms with van der Waals surface area (Å²) >= 11 is 0. The summed E-state index contributed by atoms with van der Waals surface area (Å²) in [6.07, 6.45) is -0.378. The van der Waals surface area contributed by atoms with E-state index in [1.54, 1.807) is 36.4 Å². The number of carbonyl (C=O) groups is 1. The SMILES string of the molecule is O=C(O)CC1c2ccccc2C(c2ccccc2)=NN1S(=O)(=O)Cc1ccccc1. The van der Waals surface area contributed by atoms with Gasteiger partial charge in [-0.15, -0.1) is 0 Å². The van der Waals surface area contributed by atoms with Crippen molar-refractivity contribution in [2.24, 2.45) is 5.10 Å². The third-order valence-electron chi connectivity index (χ3n) is 4.93. The molecule has 152 valence electrons. The smallest absolute Gasteiger partial charge is 0.305 e. The van der Waals surface area contributed by atoms with Crippen molar-refractivity contribution in [2.45, 2.75) is 18.2 Å². The summed E-state index contributed by atoms with van der Waals surface area (Å²) in [6.45, 7) is 0. The molecular weight excluding hydrogens is 400 g/mol. The van der Waals surface area contributed by atoms with Gasteiger partial charge < -0.3 is 5.11 Å². The first-order chi connectivity index (χ1) is 14.5. The topological polar surface area (TPSA) is 87.0 Å². The predicted octanol–water partition coefficient (Wildman–Crippen LogP) is 3.80. The van der Waals surface area contributed by atoms with Crippen molar-refractivity contribution in [3.8, 4) is 0 Å². The Morgan fingerprint density at radius 1 is 0.900 bits per heavy atom. The zero-order valence-corrected chi connectivity index (χ0v) is 16.9. The van der Waals surface area contributed by atoms with Gasteiger partial charge in [0.2, 0.25) is 0 Å². The molecule has 30 heavy (non-hydrogen) atoms. The maximum atomic E-state index is 13.4. The standard InChI is InChI=1S/C23H20N2O4S/c26-22(27)15-21-19-13-7-8-14-20(19)23(18-11-5-2-6-12-18)24-25(21)30(28,29)16-17-9-3-1-4-10-17/h1-14,21H,15-16H2,(H,26,27). The molecule has 0 radical (unpaired) electrons. The van der Waals surface area contributed by atoms with Crippen LogP contribution in [0.15, 0.2) is 90.0 Å².